The largest absolute Gasteiger partial charge is 0.504 e. The summed E-state index contributed by atoms with van der Waals surface area (Å²) in [5, 5.41) is 18.3. The summed E-state index contributed by atoms with van der Waals surface area (Å²) in [4.78, 5) is 10.4. The van der Waals surface area contributed by atoms with Crippen LogP contribution >= 0.6 is 0 Å². The Morgan fingerprint density at radius 2 is 2.00 bits per heavy atom. The van der Waals surface area contributed by atoms with Gasteiger partial charge in [-0.2, -0.15) is 0 Å². The van der Waals surface area contributed by atoms with Crippen LogP contribution in [-0.2, 0) is 4.79 Å². The number of hydrogen-bond acceptors (Lipinski definition) is 3. The van der Waals surface area contributed by atoms with E-state index in [4.69, 9.17) is 5.11 Å². The quantitative estimate of drug-likeness (QED) is 0.556. The minimum atomic E-state index is -0.173. The van der Waals surface area contributed by atoms with Crippen LogP contribution in [0.3, 0.4) is 0 Å². The average molecular weight is 192 g/mol. The van der Waals surface area contributed by atoms with Crippen LogP contribution in [0.25, 0.3) is 0 Å². The van der Waals surface area contributed by atoms with Crippen molar-refractivity contribution in [1.82, 2.24) is 0 Å². The van der Waals surface area contributed by atoms with Gasteiger partial charge < -0.3 is 10.2 Å². The van der Waals surface area contributed by atoms with Crippen molar-refractivity contribution in [3.05, 3.63) is 29.3 Å². The van der Waals surface area contributed by atoms with E-state index in [1.807, 2.05) is 12.9 Å². The Morgan fingerprint density at radius 1 is 1.36 bits per heavy atom. The van der Waals surface area contributed by atoms with Crippen LogP contribution in [0.15, 0.2) is 23.8 Å². The molecule has 3 nitrogen and oxygen atoms in total. The summed E-state index contributed by atoms with van der Waals surface area (Å²) in [5.74, 6) is 1.39. The maximum absolute atomic E-state index is 10.4. The van der Waals surface area contributed by atoms with Gasteiger partial charge in [-0.05, 0) is 24.6 Å². The summed E-state index contributed by atoms with van der Waals surface area (Å²) in [6, 6.07) is 4.51. The molecule has 2 N–H and O–H groups in total. The van der Waals surface area contributed by atoms with Crippen LogP contribution in [0.5, 0.6) is 11.5 Å². The third-order valence-corrected chi connectivity index (χ3v) is 2.31. The molecular formula is C11H12O3. The molecule has 1 unspecified atom stereocenters. The maximum Gasteiger partial charge on any atom is 0.157 e. The zero-order chi connectivity index (χ0) is 10.7. The van der Waals surface area contributed by atoms with Gasteiger partial charge in [-0.3, -0.25) is 0 Å². The summed E-state index contributed by atoms with van der Waals surface area (Å²) in [6.07, 6.45) is 0. The molecule has 1 aromatic rings. The number of phenols is 2. The van der Waals surface area contributed by atoms with Crippen molar-refractivity contribution < 1.29 is 15.0 Å². The number of benzene rings is 1. The van der Waals surface area contributed by atoms with Crippen molar-refractivity contribution in [2.75, 3.05) is 0 Å². The molecule has 14 heavy (non-hydrogen) atoms. The van der Waals surface area contributed by atoms with Crippen molar-refractivity contribution in [2.45, 2.75) is 19.8 Å². The van der Waals surface area contributed by atoms with Crippen LogP contribution in [0, 0.1) is 0 Å². The van der Waals surface area contributed by atoms with Crippen LogP contribution in [0.4, 0.5) is 0 Å². The van der Waals surface area contributed by atoms with Crippen molar-refractivity contribution in [1.29, 1.82) is 0 Å². The first-order chi connectivity index (χ1) is 6.56. The summed E-state index contributed by atoms with van der Waals surface area (Å²) < 4.78 is 0. The molecule has 0 heterocycles. The lowest BCUT2D eigenvalue weighted by molar-refractivity contribution is 0.403. The summed E-state index contributed by atoms with van der Waals surface area (Å²) >= 11 is 0. The summed E-state index contributed by atoms with van der Waals surface area (Å²) in [6.45, 7) is 3.52. The number of carbonyl (C=O) groups excluding carboxylic acids is 1. The van der Waals surface area contributed by atoms with Crippen molar-refractivity contribution >= 4 is 5.94 Å². The normalized spacial score (nSPS) is 11.9. The summed E-state index contributed by atoms with van der Waals surface area (Å²) in [5.41, 5.74) is 1.34. The number of hydrogen-bond donors (Lipinski definition) is 2. The van der Waals surface area contributed by atoms with Gasteiger partial charge in [0.05, 0.1) is 0 Å². The Bertz CT molecular complexity index is 390. The van der Waals surface area contributed by atoms with Crippen LogP contribution < -0.4 is 0 Å². The third-order valence-electron chi connectivity index (χ3n) is 2.31. The molecule has 0 aromatic heterocycles. The van der Waals surface area contributed by atoms with E-state index in [0.29, 0.717) is 5.57 Å². The minimum Gasteiger partial charge on any atom is -0.504 e. The van der Waals surface area contributed by atoms with E-state index in [1.165, 1.54) is 12.1 Å². The standard InChI is InChI=1S/C11H12O3/c1-7(6-12)8(2)9-3-4-10(13)11(14)5-9/h3-5,8,13-14H,1-2H3. The molecule has 0 aliphatic rings. The smallest absolute Gasteiger partial charge is 0.157 e. The Morgan fingerprint density at radius 3 is 2.50 bits per heavy atom. The third kappa shape index (κ3) is 1.95. The fourth-order valence-electron chi connectivity index (χ4n) is 1.15. The van der Waals surface area contributed by atoms with Crippen LogP contribution in [0.2, 0.25) is 0 Å². The van der Waals surface area contributed by atoms with E-state index in [0.717, 1.165) is 5.56 Å². The van der Waals surface area contributed by atoms with Gasteiger partial charge in [0.2, 0.25) is 0 Å². The van der Waals surface area contributed by atoms with E-state index >= 15 is 0 Å². The van der Waals surface area contributed by atoms with Gasteiger partial charge in [0.25, 0.3) is 0 Å². The molecule has 0 saturated heterocycles. The molecular weight excluding hydrogens is 180 g/mol. The second-order valence-corrected chi connectivity index (χ2v) is 3.25. The highest BCUT2D eigenvalue weighted by Crippen LogP contribution is 2.30. The molecule has 0 saturated carbocycles. The van der Waals surface area contributed by atoms with Crippen molar-refractivity contribution in [2.24, 2.45) is 0 Å². The van der Waals surface area contributed by atoms with Gasteiger partial charge in [-0.15, -0.1) is 0 Å². The zero-order valence-corrected chi connectivity index (χ0v) is 8.11. The number of phenolic OH excluding ortho intramolecular Hbond substituents is 2. The van der Waals surface area contributed by atoms with E-state index in [2.05, 4.69) is 0 Å². The molecule has 1 rings (SSSR count). The van der Waals surface area contributed by atoms with Gasteiger partial charge in [0.1, 0.15) is 5.94 Å². The number of rotatable bonds is 2. The molecule has 74 valence electrons. The van der Waals surface area contributed by atoms with Gasteiger partial charge in [-0.1, -0.05) is 13.0 Å². The average Bonchev–Trinajstić information content (AvgIpc) is 2.20. The summed E-state index contributed by atoms with van der Waals surface area (Å²) in [7, 11) is 0. The number of allylic oxidation sites excluding steroid dienone is 1. The Balaban J connectivity index is 3.09. The highest BCUT2D eigenvalue weighted by molar-refractivity contribution is 5.56. The highest BCUT2D eigenvalue weighted by Gasteiger charge is 2.10. The first-order valence-corrected chi connectivity index (χ1v) is 4.29. The van der Waals surface area contributed by atoms with Gasteiger partial charge >= 0.3 is 0 Å². The lowest BCUT2D eigenvalue weighted by Gasteiger charge is -2.10. The lowest BCUT2D eigenvalue weighted by Crippen LogP contribution is -1.95. The fraction of sp³-hybridized carbons (Fsp3) is 0.273. The molecule has 0 bridgehead atoms. The molecule has 0 aliphatic heterocycles. The number of aromatic hydroxyl groups is 2. The van der Waals surface area contributed by atoms with Crippen LogP contribution in [-0.4, -0.2) is 16.2 Å². The van der Waals surface area contributed by atoms with E-state index in [1.54, 1.807) is 13.0 Å². The van der Waals surface area contributed by atoms with E-state index in [9.17, 15) is 9.90 Å². The lowest BCUT2D eigenvalue weighted by atomic mass is 9.95. The van der Waals surface area contributed by atoms with Gasteiger partial charge in [0.15, 0.2) is 11.5 Å². The van der Waals surface area contributed by atoms with Crippen molar-refractivity contribution in [3.8, 4) is 11.5 Å². The second-order valence-electron chi connectivity index (χ2n) is 3.25. The van der Waals surface area contributed by atoms with Gasteiger partial charge in [0, 0.05) is 11.5 Å². The Kier molecular flexibility index (Phi) is 2.95. The molecule has 0 fully saturated rings. The fourth-order valence-corrected chi connectivity index (χ4v) is 1.15. The highest BCUT2D eigenvalue weighted by atomic mass is 16.3. The van der Waals surface area contributed by atoms with Crippen LogP contribution in [0.1, 0.15) is 25.3 Å². The molecule has 0 amide bonds. The molecule has 1 atom stereocenters. The maximum atomic E-state index is 10.4. The van der Waals surface area contributed by atoms with Crippen molar-refractivity contribution in [3.63, 3.8) is 0 Å². The molecule has 3 heteroatoms. The molecule has 0 aliphatic carbocycles. The Hall–Kier alpha value is -1.73. The van der Waals surface area contributed by atoms with Gasteiger partial charge in [-0.25, -0.2) is 4.79 Å². The Labute approximate surface area is 82.3 Å². The predicted octanol–water partition coefficient (Wildman–Crippen LogP) is 1.98. The first kappa shape index (κ1) is 10.4. The predicted molar refractivity (Wildman–Crippen MR) is 53.1 cm³/mol. The molecule has 1 aromatic carbocycles. The minimum absolute atomic E-state index is 0.0981. The zero-order valence-electron chi connectivity index (χ0n) is 8.11. The first-order valence-electron chi connectivity index (χ1n) is 4.29. The van der Waals surface area contributed by atoms with E-state index in [-0.39, 0.29) is 17.4 Å². The van der Waals surface area contributed by atoms with E-state index < -0.39 is 0 Å². The molecule has 0 spiro atoms. The second kappa shape index (κ2) is 3.99. The SMILES string of the molecule is CC(=C=O)C(C)c1ccc(O)c(O)c1. The molecule has 0 radical (unpaired) electrons. The monoisotopic (exact) mass is 192 g/mol. The topological polar surface area (TPSA) is 57.5 Å².